The molecule has 0 saturated heterocycles. The lowest BCUT2D eigenvalue weighted by molar-refractivity contribution is 0.721. The Labute approximate surface area is 67.7 Å². The van der Waals surface area contributed by atoms with Crippen LogP contribution in [-0.4, -0.2) is 17.7 Å². The highest BCUT2D eigenvalue weighted by molar-refractivity contribution is 7.80. The fourth-order valence-corrected chi connectivity index (χ4v) is 0.797. The van der Waals surface area contributed by atoms with Gasteiger partial charge in [-0.1, -0.05) is 6.08 Å². The van der Waals surface area contributed by atoms with Gasteiger partial charge in [0.25, 0.3) is 0 Å². The molecular formula is C7H14N2S. The van der Waals surface area contributed by atoms with E-state index in [1.165, 1.54) is 0 Å². The van der Waals surface area contributed by atoms with E-state index in [1.54, 1.807) is 6.08 Å². The molecule has 0 radical (unpaired) electrons. The van der Waals surface area contributed by atoms with Gasteiger partial charge in [-0.3, -0.25) is 0 Å². The SMILES string of the molecule is C=CCNC(=S)NC(C)C. The van der Waals surface area contributed by atoms with E-state index in [-0.39, 0.29) is 0 Å². The minimum atomic E-state index is 0.393. The highest BCUT2D eigenvalue weighted by Gasteiger charge is 1.93. The number of nitrogens with one attached hydrogen (secondary N) is 2. The van der Waals surface area contributed by atoms with Gasteiger partial charge in [0, 0.05) is 12.6 Å². The Balaban J connectivity index is 3.34. The Kier molecular flexibility index (Phi) is 4.94. The predicted octanol–water partition coefficient (Wildman–Crippen LogP) is 1.04. The Morgan fingerprint density at radius 1 is 1.70 bits per heavy atom. The Hall–Kier alpha value is -0.570. The van der Waals surface area contributed by atoms with Gasteiger partial charge in [0.2, 0.25) is 0 Å². The maximum absolute atomic E-state index is 4.93. The van der Waals surface area contributed by atoms with Crippen molar-refractivity contribution >= 4 is 17.3 Å². The van der Waals surface area contributed by atoms with E-state index in [1.807, 2.05) is 13.8 Å². The van der Waals surface area contributed by atoms with Crippen LogP contribution in [0.15, 0.2) is 12.7 Å². The fraction of sp³-hybridized carbons (Fsp3) is 0.571. The number of thiocarbonyl (C=S) groups is 1. The molecule has 0 aliphatic heterocycles. The van der Waals surface area contributed by atoms with Gasteiger partial charge in [0.1, 0.15) is 0 Å². The fourth-order valence-electron chi connectivity index (χ4n) is 0.478. The molecule has 0 aromatic heterocycles. The van der Waals surface area contributed by atoms with Crippen LogP contribution in [0.4, 0.5) is 0 Å². The Bertz CT molecular complexity index is 121. The Morgan fingerprint density at radius 2 is 2.30 bits per heavy atom. The molecule has 2 N–H and O–H groups in total. The molecule has 0 unspecified atom stereocenters. The summed E-state index contributed by atoms with van der Waals surface area (Å²) in [7, 11) is 0. The first-order valence-corrected chi connectivity index (χ1v) is 3.73. The van der Waals surface area contributed by atoms with Crippen LogP contribution in [0.25, 0.3) is 0 Å². The first-order valence-electron chi connectivity index (χ1n) is 3.32. The third-order valence-corrected chi connectivity index (χ3v) is 1.09. The van der Waals surface area contributed by atoms with E-state index in [0.29, 0.717) is 11.2 Å². The predicted molar refractivity (Wildman–Crippen MR) is 49.1 cm³/mol. The monoisotopic (exact) mass is 158 g/mol. The third kappa shape index (κ3) is 5.56. The van der Waals surface area contributed by atoms with Crippen molar-refractivity contribution < 1.29 is 0 Å². The van der Waals surface area contributed by atoms with Crippen LogP contribution in [0.5, 0.6) is 0 Å². The molecule has 58 valence electrons. The molecule has 0 saturated carbocycles. The van der Waals surface area contributed by atoms with Crippen molar-refractivity contribution in [2.45, 2.75) is 19.9 Å². The molecular weight excluding hydrogens is 144 g/mol. The summed E-state index contributed by atoms with van der Waals surface area (Å²) < 4.78 is 0. The molecule has 0 aromatic carbocycles. The zero-order valence-corrected chi connectivity index (χ0v) is 7.29. The summed E-state index contributed by atoms with van der Waals surface area (Å²) in [4.78, 5) is 0. The van der Waals surface area contributed by atoms with E-state index >= 15 is 0 Å². The van der Waals surface area contributed by atoms with Crippen molar-refractivity contribution in [2.75, 3.05) is 6.54 Å². The van der Waals surface area contributed by atoms with Crippen LogP contribution < -0.4 is 10.6 Å². The summed E-state index contributed by atoms with van der Waals surface area (Å²) in [5.41, 5.74) is 0. The van der Waals surface area contributed by atoms with Crippen molar-refractivity contribution in [1.29, 1.82) is 0 Å². The minimum absolute atomic E-state index is 0.393. The summed E-state index contributed by atoms with van der Waals surface area (Å²) in [5, 5.41) is 6.71. The molecule has 0 aliphatic carbocycles. The molecule has 0 heterocycles. The molecule has 0 spiro atoms. The summed E-state index contributed by atoms with van der Waals surface area (Å²) >= 11 is 4.93. The second kappa shape index (κ2) is 5.23. The van der Waals surface area contributed by atoms with Crippen LogP contribution in [0, 0.1) is 0 Å². The third-order valence-electron chi connectivity index (χ3n) is 0.827. The van der Waals surface area contributed by atoms with Crippen LogP contribution in [0.3, 0.4) is 0 Å². The van der Waals surface area contributed by atoms with Crippen LogP contribution in [-0.2, 0) is 0 Å². The largest absolute Gasteiger partial charge is 0.361 e. The van der Waals surface area contributed by atoms with E-state index in [4.69, 9.17) is 12.2 Å². The van der Waals surface area contributed by atoms with Gasteiger partial charge in [-0.2, -0.15) is 0 Å². The first-order chi connectivity index (χ1) is 4.66. The topological polar surface area (TPSA) is 24.1 Å². The molecule has 0 rings (SSSR count). The number of rotatable bonds is 3. The standard InChI is InChI=1S/C7H14N2S/c1-4-5-8-7(10)9-6(2)3/h4,6H,1,5H2,2-3H3,(H2,8,9,10). The zero-order valence-electron chi connectivity index (χ0n) is 6.48. The quantitative estimate of drug-likeness (QED) is 0.474. The zero-order chi connectivity index (χ0) is 7.98. The minimum Gasteiger partial charge on any atom is -0.361 e. The van der Waals surface area contributed by atoms with Gasteiger partial charge in [0.05, 0.1) is 0 Å². The smallest absolute Gasteiger partial charge is 0.166 e. The van der Waals surface area contributed by atoms with Gasteiger partial charge in [-0.15, -0.1) is 6.58 Å². The first kappa shape index (κ1) is 9.43. The maximum Gasteiger partial charge on any atom is 0.166 e. The lowest BCUT2D eigenvalue weighted by Crippen LogP contribution is -2.39. The van der Waals surface area contributed by atoms with Crippen LogP contribution >= 0.6 is 12.2 Å². The van der Waals surface area contributed by atoms with Crippen LogP contribution in [0.2, 0.25) is 0 Å². The van der Waals surface area contributed by atoms with E-state index in [9.17, 15) is 0 Å². The molecule has 3 heteroatoms. The van der Waals surface area contributed by atoms with E-state index in [2.05, 4.69) is 17.2 Å². The van der Waals surface area contributed by atoms with Crippen molar-refractivity contribution in [1.82, 2.24) is 10.6 Å². The normalized spacial score (nSPS) is 9.10. The second-order valence-corrected chi connectivity index (χ2v) is 2.71. The lowest BCUT2D eigenvalue weighted by Gasteiger charge is -2.11. The summed E-state index contributed by atoms with van der Waals surface area (Å²) in [5.74, 6) is 0. The van der Waals surface area contributed by atoms with E-state index in [0.717, 1.165) is 6.54 Å². The van der Waals surface area contributed by atoms with Crippen molar-refractivity contribution in [2.24, 2.45) is 0 Å². The van der Waals surface area contributed by atoms with Crippen molar-refractivity contribution in [3.05, 3.63) is 12.7 Å². The molecule has 0 fully saturated rings. The van der Waals surface area contributed by atoms with E-state index < -0.39 is 0 Å². The average molecular weight is 158 g/mol. The van der Waals surface area contributed by atoms with Gasteiger partial charge in [-0.05, 0) is 26.1 Å². The number of hydrogen-bond donors (Lipinski definition) is 2. The van der Waals surface area contributed by atoms with Gasteiger partial charge >= 0.3 is 0 Å². The maximum atomic E-state index is 4.93. The summed E-state index contributed by atoms with van der Waals surface area (Å²) in [6, 6.07) is 0.393. The molecule has 0 amide bonds. The Morgan fingerprint density at radius 3 is 2.70 bits per heavy atom. The average Bonchev–Trinajstić information content (AvgIpc) is 1.82. The molecule has 0 atom stereocenters. The lowest BCUT2D eigenvalue weighted by atomic mass is 10.4. The van der Waals surface area contributed by atoms with Gasteiger partial charge in [0.15, 0.2) is 5.11 Å². The van der Waals surface area contributed by atoms with Gasteiger partial charge in [-0.25, -0.2) is 0 Å². The molecule has 10 heavy (non-hydrogen) atoms. The highest BCUT2D eigenvalue weighted by Crippen LogP contribution is 1.76. The van der Waals surface area contributed by atoms with Gasteiger partial charge < -0.3 is 10.6 Å². The number of hydrogen-bond acceptors (Lipinski definition) is 1. The van der Waals surface area contributed by atoms with Crippen molar-refractivity contribution in [3.8, 4) is 0 Å². The van der Waals surface area contributed by atoms with Crippen LogP contribution in [0.1, 0.15) is 13.8 Å². The molecule has 0 aliphatic rings. The summed E-state index contributed by atoms with van der Waals surface area (Å²) in [6.07, 6.45) is 1.77. The molecule has 2 nitrogen and oxygen atoms in total. The highest BCUT2D eigenvalue weighted by atomic mass is 32.1. The molecule has 0 bridgehead atoms. The summed E-state index contributed by atoms with van der Waals surface area (Å²) in [6.45, 7) is 8.37. The molecule has 0 aromatic rings. The second-order valence-electron chi connectivity index (χ2n) is 2.30. The van der Waals surface area contributed by atoms with Crippen molar-refractivity contribution in [3.63, 3.8) is 0 Å².